The summed E-state index contributed by atoms with van der Waals surface area (Å²) in [4.78, 5) is 16.6. The van der Waals surface area contributed by atoms with Gasteiger partial charge in [0.15, 0.2) is 0 Å². The summed E-state index contributed by atoms with van der Waals surface area (Å²) in [5.41, 5.74) is 5.31. The first kappa shape index (κ1) is 23.3. The fraction of sp³-hybridized carbons (Fsp3) is 0.500. The van der Waals surface area contributed by atoms with Crippen molar-refractivity contribution in [3.63, 3.8) is 0 Å². The molecule has 0 bridgehead atoms. The summed E-state index contributed by atoms with van der Waals surface area (Å²) >= 11 is 0. The van der Waals surface area contributed by atoms with Gasteiger partial charge < -0.3 is 11.1 Å². The van der Waals surface area contributed by atoms with Gasteiger partial charge in [-0.05, 0) is 24.5 Å². The number of fused-ring (bicyclic) bond motifs is 1. The average molecular weight is 425 g/mol. The van der Waals surface area contributed by atoms with E-state index in [1.165, 1.54) is 6.07 Å². The minimum Gasteiger partial charge on any atom is -0.348 e. The molecule has 1 amide bonds. The quantitative estimate of drug-likeness (QED) is 0.611. The molecule has 1 aliphatic rings. The molecule has 0 saturated heterocycles. The van der Waals surface area contributed by atoms with Crippen molar-refractivity contribution in [2.45, 2.75) is 37.1 Å². The topological polar surface area (TPSA) is 114 Å². The molecule has 0 radical (unpaired) electrons. The standard InChI is InChI=1S/C16H22F2N4O3S.ClH/c1-10(2)7-12(15(23)20-9-16(17,18)8-19)21-14-11-5-3-4-6-13(11)26(24,25)22-14;/h3-6,10,12H,7-9,19H2,1-2H3,(H,20,23)(H,21,22);1H. The summed E-state index contributed by atoms with van der Waals surface area (Å²) in [6.45, 7) is 1.91. The second-order valence-corrected chi connectivity index (χ2v) is 8.15. The van der Waals surface area contributed by atoms with Crippen LogP contribution in [0.5, 0.6) is 0 Å². The molecule has 11 heteroatoms. The molecule has 2 rings (SSSR count). The van der Waals surface area contributed by atoms with Crippen molar-refractivity contribution in [2.75, 3.05) is 13.1 Å². The molecule has 27 heavy (non-hydrogen) atoms. The van der Waals surface area contributed by atoms with Crippen LogP contribution in [0.25, 0.3) is 0 Å². The molecule has 1 heterocycles. The molecule has 1 aromatic rings. The molecule has 152 valence electrons. The van der Waals surface area contributed by atoms with E-state index in [4.69, 9.17) is 5.73 Å². The lowest BCUT2D eigenvalue weighted by atomic mass is 10.0. The molecule has 0 saturated carbocycles. The number of carbonyl (C=O) groups excluding carboxylic acids is 1. The first-order valence-corrected chi connectivity index (χ1v) is 9.59. The van der Waals surface area contributed by atoms with Gasteiger partial charge in [-0.1, -0.05) is 26.0 Å². The Hall–Kier alpha value is -1.78. The molecule has 4 N–H and O–H groups in total. The summed E-state index contributed by atoms with van der Waals surface area (Å²) in [6, 6.07) is 5.22. The van der Waals surface area contributed by atoms with Gasteiger partial charge in [0.25, 0.3) is 15.9 Å². The van der Waals surface area contributed by atoms with Gasteiger partial charge in [0.1, 0.15) is 11.9 Å². The zero-order chi connectivity index (χ0) is 19.5. The van der Waals surface area contributed by atoms with Crippen molar-refractivity contribution in [2.24, 2.45) is 16.6 Å². The monoisotopic (exact) mass is 424 g/mol. The van der Waals surface area contributed by atoms with Crippen molar-refractivity contribution in [3.8, 4) is 0 Å². The second kappa shape index (κ2) is 8.94. The van der Waals surface area contributed by atoms with Crippen LogP contribution in [-0.4, -0.2) is 45.2 Å². The van der Waals surface area contributed by atoms with E-state index in [2.05, 4.69) is 15.0 Å². The number of benzene rings is 1. The van der Waals surface area contributed by atoms with Crippen LogP contribution >= 0.6 is 12.4 Å². The summed E-state index contributed by atoms with van der Waals surface area (Å²) in [6.07, 6.45) is 0.271. The third-order valence-electron chi connectivity index (χ3n) is 3.76. The molecule has 0 fully saturated rings. The Labute approximate surface area is 163 Å². The van der Waals surface area contributed by atoms with E-state index in [0.717, 1.165) is 0 Å². The number of hydrogen-bond acceptors (Lipinski definition) is 5. The van der Waals surface area contributed by atoms with Crippen molar-refractivity contribution in [3.05, 3.63) is 29.8 Å². The summed E-state index contributed by atoms with van der Waals surface area (Å²) in [5.74, 6) is -3.85. The summed E-state index contributed by atoms with van der Waals surface area (Å²) in [5, 5.41) is 2.14. The van der Waals surface area contributed by atoms with E-state index in [9.17, 15) is 22.0 Å². The van der Waals surface area contributed by atoms with Gasteiger partial charge in [0.2, 0.25) is 5.91 Å². The van der Waals surface area contributed by atoms with Gasteiger partial charge in [-0.15, -0.1) is 12.4 Å². The van der Waals surface area contributed by atoms with Crippen LogP contribution in [0.3, 0.4) is 0 Å². The smallest absolute Gasteiger partial charge is 0.277 e. The van der Waals surface area contributed by atoms with Crippen molar-refractivity contribution in [1.82, 2.24) is 10.0 Å². The van der Waals surface area contributed by atoms with Crippen LogP contribution in [0.4, 0.5) is 8.78 Å². The highest BCUT2D eigenvalue weighted by Gasteiger charge is 2.33. The molecular formula is C16H23ClF2N4O3S. The van der Waals surface area contributed by atoms with E-state index in [-0.39, 0.29) is 35.5 Å². The first-order chi connectivity index (χ1) is 12.1. The molecule has 1 unspecified atom stereocenters. The molecular weight excluding hydrogens is 402 g/mol. The minimum absolute atomic E-state index is 0. The molecule has 1 atom stereocenters. The van der Waals surface area contributed by atoms with Gasteiger partial charge in [0.05, 0.1) is 18.0 Å². The highest BCUT2D eigenvalue weighted by atomic mass is 35.5. The third-order valence-corrected chi connectivity index (χ3v) is 5.16. The number of nitrogens with two attached hydrogens (primary N) is 1. The number of nitrogens with one attached hydrogen (secondary N) is 2. The van der Waals surface area contributed by atoms with E-state index in [1.54, 1.807) is 18.2 Å². The van der Waals surface area contributed by atoms with Crippen LogP contribution in [-0.2, 0) is 14.8 Å². The number of amidine groups is 1. The molecule has 0 aromatic heterocycles. The highest BCUT2D eigenvalue weighted by molar-refractivity contribution is 7.90. The van der Waals surface area contributed by atoms with Gasteiger partial charge in [0, 0.05) is 5.56 Å². The molecule has 7 nitrogen and oxygen atoms in total. The normalized spacial score (nSPS) is 17.8. The lowest BCUT2D eigenvalue weighted by molar-refractivity contribution is -0.124. The maximum atomic E-state index is 13.3. The fourth-order valence-corrected chi connectivity index (χ4v) is 3.70. The molecule has 0 spiro atoms. The Morgan fingerprint density at radius 1 is 1.33 bits per heavy atom. The SMILES string of the molecule is CC(C)CC(N=C1NS(=O)(=O)c2ccccc21)C(=O)NCC(F)(F)CN.Cl. The van der Waals surface area contributed by atoms with E-state index < -0.39 is 41.0 Å². The molecule has 1 aromatic carbocycles. The summed E-state index contributed by atoms with van der Waals surface area (Å²) in [7, 11) is -3.74. The molecule has 0 aliphatic carbocycles. The Morgan fingerprint density at radius 2 is 1.96 bits per heavy atom. The third kappa shape index (κ3) is 5.85. The Kier molecular flexibility index (Phi) is 7.70. The summed E-state index contributed by atoms with van der Waals surface area (Å²) < 4.78 is 53.1. The number of carbonyl (C=O) groups is 1. The second-order valence-electron chi connectivity index (χ2n) is 6.50. The van der Waals surface area contributed by atoms with Crippen LogP contribution in [0.2, 0.25) is 0 Å². The predicted octanol–water partition coefficient (Wildman–Crippen LogP) is 1.27. The lowest BCUT2D eigenvalue weighted by Crippen LogP contribution is -2.45. The molecule has 1 aliphatic heterocycles. The fourth-order valence-electron chi connectivity index (χ4n) is 2.46. The van der Waals surface area contributed by atoms with Crippen LogP contribution in [0.15, 0.2) is 34.2 Å². The number of alkyl halides is 2. The van der Waals surface area contributed by atoms with Crippen molar-refractivity contribution >= 4 is 34.2 Å². The lowest BCUT2D eigenvalue weighted by Gasteiger charge is -2.19. The van der Waals surface area contributed by atoms with Crippen molar-refractivity contribution < 1.29 is 22.0 Å². The highest BCUT2D eigenvalue weighted by Crippen LogP contribution is 2.23. The number of sulfonamides is 1. The van der Waals surface area contributed by atoms with Crippen LogP contribution < -0.4 is 15.8 Å². The number of rotatable bonds is 7. The van der Waals surface area contributed by atoms with Gasteiger partial charge in [-0.25, -0.2) is 17.2 Å². The number of amides is 1. The average Bonchev–Trinajstić information content (AvgIpc) is 2.83. The van der Waals surface area contributed by atoms with Crippen LogP contribution in [0.1, 0.15) is 25.8 Å². The van der Waals surface area contributed by atoms with Crippen LogP contribution in [0, 0.1) is 5.92 Å². The van der Waals surface area contributed by atoms with E-state index in [1.807, 2.05) is 13.8 Å². The van der Waals surface area contributed by atoms with Crippen molar-refractivity contribution in [1.29, 1.82) is 0 Å². The van der Waals surface area contributed by atoms with Gasteiger partial charge >= 0.3 is 0 Å². The first-order valence-electron chi connectivity index (χ1n) is 8.11. The van der Waals surface area contributed by atoms with Gasteiger partial charge in [-0.3, -0.25) is 14.5 Å². The zero-order valence-corrected chi connectivity index (χ0v) is 16.5. The van der Waals surface area contributed by atoms with E-state index >= 15 is 0 Å². The number of nitrogens with zero attached hydrogens (tertiary/aromatic N) is 1. The maximum Gasteiger partial charge on any atom is 0.277 e. The zero-order valence-electron chi connectivity index (χ0n) is 14.9. The Balaban J connectivity index is 0.00000364. The predicted molar refractivity (Wildman–Crippen MR) is 101 cm³/mol. The number of aliphatic imine (C=N–C) groups is 1. The Bertz CT molecular complexity index is 816. The van der Waals surface area contributed by atoms with E-state index in [0.29, 0.717) is 5.56 Å². The Morgan fingerprint density at radius 3 is 2.56 bits per heavy atom. The number of hydrogen-bond donors (Lipinski definition) is 3. The van der Waals surface area contributed by atoms with Gasteiger partial charge in [-0.2, -0.15) is 0 Å². The number of halogens is 3. The largest absolute Gasteiger partial charge is 0.348 e. The minimum atomic E-state index is -3.74. The maximum absolute atomic E-state index is 13.3.